The molecule has 3 N–H and O–H groups in total. The van der Waals surface area contributed by atoms with E-state index in [0.717, 1.165) is 70.6 Å². The third-order valence-corrected chi connectivity index (χ3v) is 9.81. The van der Waals surface area contributed by atoms with Gasteiger partial charge in [-0.05, 0) is 51.4 Å². The van der Waals surface area contributed by atoms with Crippen molar-refractivity contribution in [3.63, 3.8) is 0 Å². The van der Waals surface area contributed by atoms with E-state index < -0.39 is 58.4 Å². The number of phosphoric acid groups is 1. The van der Waals surface area contributed by atoms with Crippen molar-refractivity contribution in [3.05, 3.63) is 36.5 Å². The van der Waals surface area contributed by atoms with Crippen LogP contribution in [0.3, 0.4) is 0 Å². The molecule has 0 aromatic rings. The number of unbranched alkanes of at least 4 members (excludes halogenated alkanes) is 19. The van der Waals surface area contributed by atoms with E-state index in [1.807, 2.05) is 0 Å². The van der Waals surface area contributed by atoms with Crippen molar-refractivity contribution >= 4 is 19.8 Å². The lowest BCUT2D eigenvalue weighted by molar-refractivity contribution is -0.153. The van der Waals surface area contributed by atoms with E-state index in [1.165, 1.54) is 70.6 Å². The van der Waals surface area contributed by atoms with E-state index in [-0.39, 0.29) is 12.8 Å². The Morgan fingerprint density at radius 1 is 0.509 bits per heavy atom. The van der Waals surface area contributed by atoms with E-state index in [4.69, 9.17) is 18.5 Å². The molecule has 3 atom stereocenters. The summed E-state index contributed by atoms with van der Waals surface area (Å²) < 4.78 is 32.5. The van der Waals surface area contributed by atoms with Crippen molar-refractivity contribution in [3.8, 4) is 0 Å². The van der Waals surface area contributed by atoms with Crippen LogP contribution in [0.5, 0.6) is 0 Å². The molecule has 310 valence electrons. The first-order valence-corrected chi connectivity index (χ1v) is 22.4. The molecule has 0 heterocycles. The first kappa shape index (κ1) is 51.2. The zero-order valence-electron chi connectivity index (χ0n) is 33.5. The maximum absolute atomic E-state index is 12.3. The zero-order chi connectivity index (χ0) is 39.1. The summed E-state index contributed by atoms with van der Waals surface area (Å²) >= 11 is 0. The number of ether oxygens (including phenoxy) is 2. The van der Waals surface area contributed by atoms with Crippen molar-refractivity contribution in [1.29, 1.82) is 0 Å². The number of carbonyl (C=O) groups is 2. The molecule has 11 heteroatoms. The lowest BCUT2D eigenvalue weighted by atomic mass is 10.1. The fraction of sp³-hybridized carbons (Fsp3) is 0.810. The highest BCUT2D eigenvalue weighted by Gasteiger charge is 2.27. The number of aliphatic hydroxyl groups excluding tert-OH is 2. The average molecular weight is 773 g/mol. The van der Waals surface area contributed by atoms with Gasteiger partial charge in [0.25, 0.3) is 0 Å². The molecule has 0 rings (SSSR count). The molecule has 0 aliphatic carbocycles. The van der Waals surface area contributed by atoms with Crippen LogP contribution in [0, 0.1) is 0 Å². The largest absolute Gasteiger partial charge is 0.472 e. The maximum Gasteiger partial charge on any atom is 0.472 e. The van der Waals surface area contributed by atoms with Crippen molar-refractivity contribution in [2.24, 2.45) is 0 Å². The van der Waals surface area contributed by atoms with Crippen molar-refractivity contribution in [2.75, 3.05) is 26.4 Å². The second-order valence-corrected chi connectivity index (χ2v) is 15.4. The van der Waals surface area contributed by atoms with Crippen LogP contribution >= 0.6 is 7.82 Å². The molecule has 3 unspecified atom stereocenters. The Labute approximate surface area is 322 Å². The Kier molecular flexibility index (Phi) is 37.2. The third kappa shape index (κ3) is 36.9. The van der Waals surface area contributed by atoms with Gasteiger partial charge < -0.3 is 24.6 Å². The molecule has 10 nitrogen and oxygen atoms in total. The third-order valence-electron chi connectivity index (χ3n) is 8.86. The molecule has 0 aromatic heterocycles. The van der Waals surface area contributed by atoms with Gasteiger partial charge in [-0.2, -0.15) is 0 Å². The quantitative estimate of drug-likeness (QED) is 0.0238. The van der Waals surface area contributed by atoms with E-state index in [2.05, 4.69) is 50.3 Å². The van der Waals surface area contributed by atoms with Crippen LogP contribution in [-0.4, -0.2) is 65.7 Å². The Balaban J connectivity index is 3.95. The molecule has 0 amide bonds. The lowest BCUT2D eigenvalue weighted by Crippen LogP contribution is -2.28. The minimum absolute atomic E-state index is 0.178. The van der Waals surface area contributed by atoms with Gasteiger partial charge in [-0.1, -0.05) is 153 Å². The molecule has 0 saturated heterocycles. The monoisotopic (exact) mass is 773 g/mol. The van der Waals surface area contributed by atoms with Gasteiger partial charge in [0.2, 0.25) is 0 Å². The average Bonchev–Trinajstić information content (AvgIpc) is 3.14. The predicted molar refractivity (Wildman–Crippen MR) is 214 cm³/mol. The summed E-state index contributed by atoms with van der Waals surface area (Å²) in [7, 11) is -4.63. The number of allylic oxidation sites excluding steroid dienone is 6. The van der Waals surface area contributed by atoms with Crippen LogP contribution in [0.1, 0.15) is 181 Å². The normalized spacial score (nSPS) is 14.3. The second-order valence-electron chi connectivity index (χ2n) is 14.0. The number of esters is 2. The Morgan fingerprint density at radius 2 is 0.830 bits per heavy atom. The minimum atomic E-state index is -4.63. The molecule has 0 aliphatic heterocycles. The maximum atomic E-state index is 12.3. The Morgan fingerprint density at radius 3 is 1.23 bits per heavy atom. The van der Waals surface area contributed by atoms with Crippen LogP contribution in [0.25, 0.3) is 0 Å². The number of rotatable bonds is 39. The molecular weight excluding hydrogens is 695 g/mol. The predicted octanol–water partition coefficient (Wildman–Crippen LogP) is 10.8. The molecule has 0 aliphatic rings. The van der Waals surface area contributed by atoms with Gasteiger partial charge in [-0.3, -0.25) is 18.6 Å². The number of phosphoric ester groups is 1. The van der Waals surface area contributed by atoms with Crippen LogP contribution < -0.4 is 0 Å². The van der Waals surface area contributed by atoms with Gasteiger partial charge in [-0.15, -0.1) is 0 Å². The molecule has 0 spiro atoms. The van der Waals surface area contributed by atoms with Crippen molar-refractivity contribution in [1.82, 2.24) is 0 Å². The number of carbonyl (C=O) groups excluding carboxylic acids is 2. The topological polar surface area (TPSA) is 149 Å². The van der Waals surface area contributed by atoms with E-state index >= 15 is 0 Å². The number of hydrogen-bond donors (Lipinski definition) is 3. The van der Waals surface area contributed by atoms with E-state index in [0.29, 0.717) is 12.8 Å². The zero-order valence-corrected chi connectivity index (χ0v) is 34.4. The molecule has 53 heavy (non-hydrogen) atoms. The highest BCUT2D eigenvalue weighted by molar-refractivity contribution is 7.47. The van der Waals surface area contributed by atoms with Gasteiger partial charge in [0, 0.05) is 12.8 Å². The van der Waals surface area contributed by atoms with Crippen molar-refractivity contribution in [2.45, 2.75) is 193 Å². The molecular formula is C42H77O10P. The smallest absolute Gasteiger partial charge is 0.457 e. The van der Waals surface area contributed by atoms with Gasteiger partial charge in [-0.25, -0.2) is 4.57 Å². The van der Waals surface area contributed by atoms with Gasteiger partial charge in [0.1, 0.15) is 12.2 Å². The van der Waals surface area contributed by atoms with Gasteiger partial charge >= 0.3 is 19.8 Å². The highest BCUT2D eigenvalue weighted by atomic mass is 31.2. The van der Waals surface area contributed by atoms with Crippen LogP contribution in [-0.2, 0) is 32.7 Å². The molecule has 0 radical (unpaired) electrons. The van der Waals surface area contributed by atoms with Gasteiger partial charge in [0.15, 0.2) is 0 Å². The Bertz CT molecular complexity index is 983. The van der Waals surface area contributed by atoms with Crippen LogP contribution in [0.2, 0.25) is 0 Å². The lowest BCUT2D eigenvalue weighted by Gasteiger charge is -2.20. The fourth-order valence-corrected chi connectivity index (χ4v) is 6.38. The summed E-state index contributed by atoms with van der Waals surface area (Å²) in [6.07, 6.45) is 38.3. The molecule has 0 saturated carbocycles. The fourth-order valence-electron chi connectivity index (χ4n) is 5.59. The Hall–Kier alpha value is -1.81. The summed E-state index contributed by atoms with van der Waals surface area (Å²) in [4.78, 5) is 34.4. The first-order valence-electron chi connectivity index (χ1n) is 20.9. The molecule has 0 bridgehead atoms. The minimum Gasteiger partial charge on any atom is -0.457 e. The van der Waals surface area contributed by atoms with Gasteiger partial charge in [0.05, 0.1) is 26.4 Å². The van der Waals surface area contributed by atoms with Crippen LogP contribution in [0.15, 0.2) is 36.5 Å². The summed E-state index contributed by atoms with van der Waals surface area (Å²) in [6, 6.07) is 0. The van der Waals surface area contributed by atoms with Crippen molar-refractivity contribution < 1.29 is 47.8 Å². The summed E-state index contributed by atoms with van der Waals surface area (Å²) in [5, 5.41) is 19.1. The van der Waals surface area contributed by atoms with E-state index in [9.17, 15) is 29.3 Å². The number of aliphatic hydroxyl groups is 2. The van der Waals surface area contributed by atoms with E-state index in [1.54, 1.807) is 0 Å². The second kappa shape index (κ2) is 38.5. The summed E-state index contributed by atoms with van der Waals surface area (Å²) in [6.45, 7) is 2.15. The number of hydrogen-bond acceptors (Lipinski definition) is 9. The summed E-state index contributed by atoms with van der Waals surface area (Å²) in [5.74, 6) is -1.03. The first-order chi connectivity index (χ1) is 25.8. The molecule has 0 aromatic carbocycles. The SMILES string of the molecule is CCCCC/C=C\C/C=C\C/C=C\CCCCCCCCC(=O)OC(CO)COP(=O)(O)OCC(CO)OC(=O)CCCCCCCCCCCCC. The summed E-state index contributed by atoms with van der Waals surface area (Å²) in [5.41, 5.74) is 0. The van der Waals surface area contributed by atoms with Crippen LogP contribution in [0.4, 0.5) is 0 Å². The highest BCUT2D eigenvalue weighted by Crippen LogP contribution is 2.43. The standard InChI is InChI=1S/C42H77O10P/c1-3-5-7-9-11-13-15-16-17-18-19-20-21-22-24-26-28-30-32-34-42(46)52-40(36-44)38-50-53(47,48)49-37-39(35-43)51-41(45)33-31-29-27-25-23-14-12-10-8-6-4-2/h11,13,16-17,19-20,39-40,43-44H,3-10,12,14-15,18,21-38H2,1-2H3,(H,47,48)/b13-11-,17-16-,20-19-. The molecule has 0 fully saturated rings.